The Morgan fingerprint density at radius 2 is 1.84 bits per heavy atom. The van der Waals surface area contributed by atoms with Gasteiger partial charge >= 0.3 is 5.97 Å². The average Bonchev–Trinajstić information content (AvgIpc) is 2.39. The van der Waals surface area contributed by atoms with Gasteiger partial charge in [-0.3, -0.25) is 0 Å². The number of carbonyl (C=O) groups excluding carboxylic acids is 1. The molecule has 0 N–H and O–H groups in total. The van der Waals surface area contributed by atoms with Gasteiger partial charge in [0.15, 0.2) is 6.61 Å². The van der Waals surface area contributed by atoms with Crippen LogP contribution in [0.25, 0.3) is 0 Å². The van der Waals surface area contributed by atoms with Crippen LogP contribution >= 0.6 is 0 Å². The molecule has 0 aliphatic carbocycles. The highest BCUT2D eigenvalue weighted by atomic mass is 127. The molecule has 19 heavy (non-hydrogen) atoms. The molecule has 0 aliphatic rings. The lowest BCUT2D eigenvalue weighted by Crippen LogP contribution is -3.00. The first-order valence-electron chi connectivity index (χ1n) is 6.05. The van der Waals surface area contributed by atoms with E-state index in [0.29, 0.717) is 5.56 Å². The smallest absolute Gasteiger partial charge is 0.339 e. The molecule has 1 aromatic carbocycles. The molecule has 1 aromatic rings. The van der Waals surface area contributed by atoms with Gasteiger partial charge in [-0.2, -0.15) is 0 Å². The number of quaternary nitrogens is 1. The zero-order valence-electron chi connectivity index (χ0n) is 11.6. The van der Waals surface area contributed by atoms with Crippen molar-refractivity contribution in [2.45, 2.75) is 6.92 Å². The molecule has 0 aromatic heterocycles. The zero-order chi connectivity index (χ0) is 13.4. The van der Waals surface area contributed by atoms with Crippen molar-refractivity contribution >= 4 is 5.97 Å². The summed E-state index contributed by atoms with van der Waals surface area (Å²) in [4.78, 5) is 11.6. The van der Waals surface area contributed by atoms with Crippen LogP contribution in [0.4, 0.5) is 0 Å². The second kappa shape index (κ2) is 8.94. The molecule has 0 bridgehead atoms. The molecule has 0 aliphatic heterocycles. The lowest BCUT2D eigenvalue weighted by molar-refractivity contribution is -0.881. The Morgan fingerprint density at radius 3 is 2.42 bits per heavy atom. The molecule has 4 heteroatoms. The van der Waals surface area contributed by atoms with Gasteiger partial charge in [0.2, 0.25) is 0 Å². The number of hydrogen-bond donors (Lipinski definition) is 0. The van der Waals surface area contributed by atoms with E-state index < -0.39 is 0 Å². The van der Waals surface area contributed by atoms with Crippen LogP contribution < -0.4 is 24.0 Å². The number of esters is 1. The number of carbonyl (C=O) groups is 1. The molecular weight excluding hydrogens is 353 g/mol. The summed E-state index contributed by atoms with van der Waals surface area (Å²) in [7, 11) is 4.23. The highest BCUT2D eigenvalue weighted by Crippen LogP contribution is 2.00. The maximum atomic E-state index is 11.6. The van der Waals surface area contributed by atoms with Crippen LogP contribution in [0.15, 0.2) is 30.3 Å². The lowest BCUT2D eigenvalue weighted by atomic mass is 10.2. The van der Waals surface area contributed by atoms with E-state index in [-0.39, 0.29) is 36.6 Å². The third-order valence-electron chi connectivity index (χ3n) is 2.77. The highest BCUT2D eigenvalue weighted by molar-refractivity contribution is 5.89. The third kappa shape index (κ3) is 7.19. The fourth-order valence-corrected chi connectivity index (χ4v) is 1.19. The minimum atomic E-state index is -0.325. The number of nitrogens with zero attached hydrogens (tertiary/aromatic N) is 1. The minimum Gasteiger partial charge on any atom is -1.00 e. The number of benzene rings is 1. The second-order valence-electron chi connectivity index (χ2n) is 4.71. The molecule has 0 unspecified atom stereocenters. The largest absolute Gasteiger partial charge is 1.00 e. The molecule has 0 fully saturated rings. The van der Waals surface area contributed by atoms with E-state index in [4.69, 9.17) is 4.74 Å². The third-order valence-corrected chi connectivity index (χ3v) is 2.77. The summed E-state index contributed by atoms with van der Waals surface area (Å²) in [5, 5.41) is 0. The summed E-state index contributed by atoms with van der Waals surface area (Å²) in [6.07, 6.45) is 0. The second-order valence-corrected chi connectivity index (χ2v) is 4.71. The van der Waals surface area contributed by atoms with E-state index in [1.54, 1.807) is 12.1 Å². The van der Waals surface area contributed by atoms with Gasteiger partial charge in [-0.1, -0.05) is 24.1 Å². The van der Waals surface area contributed by atoms with E-state index in [0.717, 1.165) is 17.6 Å². The number of rotatable bonds is 4. The van der Waals surface area contributed by atoms with Gasteiger partial charge in [-0.15, -0.1) is 0 Å². The molecule has 0 amide bonds. The van der Waals surface area contributed by atoms with Crippen molar-refractivity contribution in [3.63, 3.8) is 0 Å². The quantitative estimate of drug-likeness (QED) is 0.291. The van der Waals surface area contributed by atoms with Gasteiger partial charge in [0.25, 0.3) is 0 Å². The van der Waals surface area contributed by atoms with Crippen molar-refractivity contribution < 1.29 is 38.0 Å². The van der Waals surface area contributed by atoms with Crippen molar-refractivity contribution in [2.24, 2.45) is 0 Å². The summed E-state index contributed by atoms with van der Waals surface area (Å²) >= 11 is 0. The first-order valence-corrected chi connectivity index (χ1v) is 6.05. The lowest BCUT2D eigenvalue weighted by Gasteiger charge is -2.25. The van der Waals surface area contributed by atoms with Gasteiger partial charge < -0.3 is 33.2 Å². The summed E-state index contributed by atoms with van der Waals surface area (Å²) < 4.78 is 5.90. The molecule has 0 atom stereocenters. The molecule has 0 heterocycles. The summed E-state index contributed by atoms with van der Waals surface area (Å²) in [6.45, 7) is 4.06. The van der Waals surface area contributed by atoms with Crippen LogP contribution in [0.1, 0.15) is 17.3 Å². The molecule has 3 nitrogen and oxygen atoms in total. The Bertz CT molecular complexity index is 446. The fraction of sp³-hybridized carbons (Fsp3) is 0.400. The van der Waals surface area contributed by atoms with Crippen molar-refractivity contribution in [2.75, 3.05) is 33.8 Å². The summed E-state index contributed by atoms with van der Waals surface area (Å²) in [5.74, 6) is 5.57. The normalized spacial score (nSPS) is 9.84. The molecule has 0 radical (unpaired) electrons. The van der Waals surface area contributed by atoms with Gasteiger partial charge in [-0.25, -0.2) is 4.79 Å². The van der Waals surface area contributed by atoms with E-state index in [1.165, 1.54) is 0 Å². The van der Waals surface area contributed by atoms with Crippen molar-refractivity contribution in [3.05, 3.63) is 35.9 Å². The van der Waals surface area contributed by atoms with Gasteiger partial charge in [0.05, 0.1) is 26.2 Å². The summed E-state index contributed by atoms with van der Waals surface area (Å²) in [5.41, 5.74) is 0.559. The van der Waals surface area contributed by atoms with Crippen LogP contribution in [0.2, 0.25) is 0 Å². The topological polar surface area (TPSA) is 26.3 Å². The van der Waals surface area contributed by atoms with Crippen LogP contribution in [-0.4, -0.2) is 44.2 Å². The predicted molar refractivity (Wildman–Crippen MR) is 72.0 cm³/mol. The van der Waals surface area contributed by atoms with Crippen LogP contribution in [0, 0.1) is 11.8 Å². The zero-order valence-corrected chi connectivity index (χ0v) is 13.8. The molecule has 0 saturated carbocycles. The number of halogens is 1. The SMILES string of the molecule is CC[N+](C)(C)CC#CCOC(=O)c1ccccc1.[I-]. The Balaban J connectivity index is 0.00000324. The first kappa shape index (κ1) is 17.9. The standard InChI is InChI=1S/C15H20NO2.HI/c1-4-16(2,3)12-8-9-13-18-15(17)14-10-6-5-7-11-14;/h5-7,10-11H,4,12-13H2,1-3H3;1H/q+1;/p-1. The van der Waals surface area contributed by atoms with Gasteiger partial charge in [-0.05, 0) is 25.0 Å². The van der Waals surface area contributed by atoms with Crippen LogP contribution in [0.5, 0.6) is 0 Å². The fourth-order valence-electron chi connectivity index (χ4n) is 1.19. The highest BCUT2D eigenvalue weighted by Gasteiger charge is 2.08. The Kier molecular flexibility index (Phi) is 8.44. The first-order chi connectivity index (χ1) is 8.55. The molecule has 1 rings (SSSR count). The average molecular weight is 373 g/mol. The molecule has 104 valence electrons. The maximum absolute atomic E-state index is 11.6. The van der Waals surface area contributed by atoms with E-state index >= 15 is 0 Å². The number of ether oxygens (including phenoxy) is 1. The maximum Gasteiger partial charge on any atom is 0.339 e. The van der Waals surface area contributed by atoms with Crippen molar-refractivity contribution in [1.29, 1.82) is 0 Å². The van der Waals surface area contributed by atoms with E-state index in [2.05, 4.69) is 32.9 Å². The molecule has 0 spiro atoms. The summed E-state index contributed by atoms with van der Waals surface area (Å²) in [6, 6.07) is 8.94. The minimum absolute atomic E-state index is 0. The van der Waals surface area contributed by atoms with Crippen molar-refractivity contribution in [1.82, 2.24) is 0 Å². The van der Waals surface area contributed by atoms with Gasteiger partial charge in [0, 0.05) is 0 Å². The Hall–Kier alpha value is -1.06. The van der Waals surface area contributed by atoms with E-state index in [9.17, 15) is 4.79 Å². The predicted octanol–water partition coefficient (Wildman–Crippen LogP) is -1.05. The monoisotopic (exact) mass is 373 g/mol. The van der Waals surface area contributed by atoms with Crippen LogP contribution in [-0.2, 0) is 4.74 Å². The Morgan fingerprint density at radius 1 is 1.21 bits per heavy atom. The Labute approximate surface area is 132 Å². The van der Waals surface area contributed by atoms with Gasteiger partial charge in [0.1, 0.15) is 6.54 Å². The molecule has 0 saturated heterocycles. The van der Waals surface area contributed by atoms with E-state index in [1.807, 2.05) is 18.2 Å². The number of hydrogen-bond acceptors (Lipinski definition) is 2. The molecular formula is C15H20INO2. The van der Waals surface area contributed by atoms with Crippen molar-refractivity contribution in [3.8, 4) is 11.8 Å². The van der Waals surface area contributed by atoms with Crippen LogP contribution in [0.3, 0.4) is 0 Å².